The average Bonchev–Trinajstić information content (AvgIpc) is 3.03. The molecule has 0 N–H and O–H groups in total. The summed E-state index contributed by atoms with van der Waals surface area (Å²) in [6, 6.07) is 9.50. The first-order chi connectivity index (χ1) is 12.5. The van der Waals surface area contributed by atoms with E-state index in [0.29, 0.717) is 17.8 Å². The van der Waals surface area contributed by atoms with Gasteiger partial charge in [0.15, 0.2) is 5.65 Å². The van der Waals surface area contributed by atoms with Gasteiger partial charge < -0.3 is 14.5 Å². The van der Waals surface area contributed by atoms with Gasteiger partial charge in [-0.15, -0.1) is 0 Å². The molecule has 0 radical (unpaired) electrons. The van der Waals surface area contributed by atoms with Gasteiger partial charge >= 0.3 is 0 Å². The molecule has 0 aliphatic carbocycles. The smallest absolute Gasteiger partial charge is 0.264 e. The van der Waals surface area contributed by atoms with Gasteiger partial charge in [0.1, 0.15) is 17.4 Å². The first kappa shape index (κ1) is 16.5. The Morgan fingerprint density at radius 3 is 2.92 bits per heavy atom. The number of rotatable bonds is 3. The van der Waals surface area contributed by atoms with Crippen LogP contribution < -0.4 is 9.64 Å². The van der Waals surface area contributed by atoms with Crippen molar-refractivity contribution in [2.45, 2.75) is 13.0 Å². The lowest BCUT2D eigenvalue weighted by Gasteiger charge is -2.35. The van der Waals surface area contributed by atoms with E-state index in [1.807, 2.05) is 57.5 Å². The minimum Gasteiger partial charge on any atom is -0.485 e. The quantitative estimate of drug-likeness (QED) is 0.722. The second kappa shape index (κ2) is 6.42. The average molecular weight is 351 g/mol. The van der Waals surface area contributed by atoms with E-state index in [2.05, 4.69) is 15.0 Å². The molecule has 2 aromatic heterocycles. The Bertz CT molecular complexity index is 965. The molecule has 7 nitrogen and oxygen atoms in total. The van der Waals surface area contributed by atoms with Crippen LogP contribution in [0.1, 0.15) is 16.1 Å². The maximum atomic E-state index is 13.3. The van der Waals surface area contributed by atoms with Crippen molar-refractivity contribution in [3.63, 3.8) is 0 Å². The minimum atomic E-state index is -0.113. The van der Waals surface area contributed by atoms with Crippen molar-refractivity contribution in [2.75, 3.05) is 32.1 Å². The summed E-state index contributed by atoms with van der Waals surface area (Å²) in [6.45, 7) is 3.11. The largest absolute Gasteiger partial charge is 0.485 e. The number of nitrogens with zero attached hydrogens (tertiary/aromatic N) is 5. The zero-order chi connectivity index (χ0) is 18.3. The number of carbonyl (C=O) groups is 1. The van der Waals surface area contributed by atoms with Gasteiger partial charge in [-0.05, 0) is 39.2 Å². The molecule has 0 saturated carbocycles. The van der Waals surface area contributed by atoms with Crippen molar-refractivity contribution in [1.82, 2.24) is 19.5 Å². The van der Waals surface area contributed by atoms with Crippen molar-refractivity contribution in [3.05, 3.63) is 54.0 Å². The number of aryl methyl sites for hydroxylation is 1. The van der Waals surface area contributed by atoms with Gasteiger partial charge in [0.05, 0.1) is 18.4 Å². The topological polar surface area (TPSA) is 63.0 Å². The Morgan fingerprint density at radius 2 is 2.12 bits per heavy atom. The number of ether oxygens (including phenoxy) is 1. The third-order valence-corrected chi connectivity index (χ3v) is 4.39. The van der Waals surface area contributed by atoms with Gasteiger partial charge in [-0.25, -0.2) is 9.50 Å². The summed E-state index contributed by atoms with van der Waals surface area (Å²) in [5, 5.41) is 4.27. The van der Waals surface area contributed by atoms with Crippen LogP contribution in [-0.4, -0.2) is 58.7 Å². The van der Waals surface area contributed by atoms with Crippen LogP contribution in [0.3, 0.4) is 0 Å². The summed E-state index contributed by atoms with van der Waals surface area (Å²) in [5.74, 6) is 0.608. The molecule has 3 heterocycles. The third kappa shape index (κ3) is 2.90. The Balaban J connectivity index is 1.74. The Morgan fingerprint density at radius 1 is 1.31 bits per heavy atom. The molecule has 1 unspecified atom stereocenters. The highest BCUT2D eigenvalue weighted by Crippen LogP contribution is 2.34. The number of hydrogen-bond acceptors (Lipinski definition) is 5. The molecule has 1 amide bonds. The van der Waals surface area contributed by atoms with E-state index < -0.39 is 0 Å². The molecule has 0 bridgehead atoms. The van der Waals surface area contributed by atoms with Crippen LogP contribution in [0.2, 0.25) is 0 Å². The summed E-state index contributed by atoms with van der Waals surface area (Å²) in [4.78, 5) is 21.7. The Labute approximate surface area is 151 Å². The number of benzene rings is 1. The highest BCUT2D eigenvalue weighted by Gasteiger charge is 2.32. The number of para-hydroxylation sites is 2. The molecule has 134 valence electrons. The summed E-state index contributed by atoms with van der Waals surface area (Å²) >= 11 is 0. The fraction of sp³-hybridized carbons (Fsp3) is 0.316. The van der Waals surface area contributed by atoms with E-state index in [1.165, 1.54) is 0 Å². The maximum Gasteiger partial charge on any atom is 0.264 e. The molecule has 1 aliphatic heterocycles. The van der Waals surface area contributed by atoms with Crippen molar-refractivity contribution < 1.29 is 9.53 Å². The molecular weight excluding hydrogens is 330 g/mol. The van der Waals surface area contributed by atoms with Crippen LogP contribution in [0.4, 0.5) is 5.69 Å². The molecular formula is C19H21N5O2. The SMILES string of the molecule is Cc1ccn2ncc(C(=O)N3CC(CN(C)C)Oc4ccccc43)c2n1. The van der Waals surface area contributed by atoms with Gasteiger partial charge in [-0.2, -0.15) is 5.10 Å². The molecule has 0 fully saturated rings. The Kier molecular flexibility index (Phi) is 4.08. The lowest BCUT2D eigenvalue weighted by molar-refractivity contribution is 0.0942. The van der Waals surface area contributed by atoms with Gasteiger partial charge in [-0.3, -0.25) is 4.79 Å². The van der Waals surface area contributed by atoms with Crippen LogP contribution in [-0.2, 0) is 0 Å². The summed E-state index contributed by atoms with van der Waals surface area (Å²) in [7, 11) is 3.99. The number of anilines is 1. The normalized spacial score (nSPS) is 16.6. The molecule has 1 aliphatic rings. The van der Waals surface area contributed by atoms with Crippen LogP contribution in [0.15, 0.2) is 42.7 Å². The zero-order valence-corrected chi connectivity index (χ0v) is 15.1. The van der Waals surface area contributed by atoms with Gasteiger partial charge in [0.25, 0.3) is 5.91 Å². The van der Waals surface area contributed by atoms with Crippen molar-refractivity contribution >= 4 is 17.2 Å². The Hall–Kier alpha value is -2.93. The van der Waals surface area contributed by atoms with E-state index in [4.69, 9.17) is 4.74 Å². The predicted octanol–water partition coefficient (Wildman–Crippen LogP) is 2.01. The van der Waals surface area contributed by atoms with Gasteiger partial charge in [0, 0.05) is 18.4 Å². The zero-order valence-electron chi connectivity index (χ0n) is 15.1. The van der Waals surface area contributed by atoms with E-state index in [0.717, 1.165) is 23.7 Å². The van der Waals surface area contributed by atoms with E-state index in [9.17, 15) is 4.79 Å². The lowest BCUT2D eigenvalue weighted by atomic mass is 10.1. The molecule has 0 saturated heterocycles. The number of aromatic nitrogens is 3. The second-order valence-electron chi connectivity index (χ2n) is 6.78. The number of amides is 1. The predicted molar refractivity (Wildman–Crippen MR) is 98.8 cm³/mol. The van der Waals surface area contributed by atoms with E-state index >= 15 is 0 Å². The lowest BCUT2D eigenvalue weighted by Crippen LogP contribution is -2.47. The monoisotopic (exact) mass is 351 g/mol. The van der Waals surface area contributed by atoms with Crippen LogP contribution in [0.5, 0.6) is 5.75 Å². The molecule has 1 aromatic carbocycles. The summed E-state index contributed by atoms with van der Waals surface area (Å²) in [5.41, 5.74) is 2.69. The number of hydrogen-bond donors (Lipinski definition) is 0. The first-order valence-electron chi connectivity index (χ1n) is 8.56. The first-order valence-corrected chi connectivity index (χ1v) is 8.56. The fourth-order valence-electron chi connectivity index (χ4n) is 3.25. The molecule has 3 aromatic rings. The fourth-order valence-corrected chi connectivity index (χ4v) is 3.25. The van der Waals surface area contributed by atoms with E-state index in [-0.39, 0.29) is 12.0 Å². The second-order valence-corrected chi connectivity index (χ2v) is 6.78. The van der Waals surface area contributed by atoms with E-state index in [1.54, 1.807) is 15.6 Å². The van der Waals surface area contributed by atoms with Crippen LogP contribution in [0, 0.1) is 6.92 Å². The highest BCUT2D eigenvalue weighted by molar-refractivity contribution is 6.10. The molecule has 7 heteroatoms. The molecule has 4 rings (SSSR count). The number of likely N-dealkylation sites (N-methyl/N-ethyl adjacent to an activating group) is 1. The number of carbonyl (C=O) groups excluding carboxylic acids is 1. The van der Waals surface area contributed by atoms with Crippen molar-refractivity contribution in [3.8, 4) is 5.75 Å². The summed E-state index contributed by atoms with van der Waals surface area (Å²) in [6.07, 6.45) is 3.31. The maximum absolute atomic E-state index is 13.3. The molecule has 1 atom stereocenters. The highest BCUT2D eigenvalue weighted by atomic mass is 16.5. The van der Waals surface area contributed by atoms with Crippen LogP contribution >= 0.6 is 0 Å². The summed E-state index contributed by atoms with van der Waals surface area (Å²) < 4.78 is 7.70. The molecule has 26 heavy (non-hydrogen) atoms. The number of fused-ring (bicyclic) bond motifs is 2. The van der Waals surface area contributed by atoms with Gasteiger partial charge in [-0.1, -0.05) is 12.1 Å². The van der Waals surface area contributed by atoms with Crippen molar-refractivity contribution in [2.24, 2.45) is 0 Å². The molecule has 0 spiro atoms. The third-order valence-electron chi connectivity index (χ3n) is 4.39. The standard InChI is InChI=1S/C19H21N5O2/c1-13-8-9-24-18(21-13)15(10-20-24)19(25)23-12-14(11-22(2)3)26-17-7-5-4-6-16(17)23/h4-10,14H,11-12H2,1-3H3. The van der Waals surface area contributed by atoms with Crippen LogP contribution in [0.25, 0.3) is 5.65 Å². The van der Waals surface area contributed by atoms with Gasteiger partial charge in [0.2, 0.25) is 0 Å². The minimum absolute atomic E-state index is 0.0969. The van der Waals surface area contributed by atoms with Crippen molar-refractivity contribution in [1.29, 1.82) is 0 Å².